The van der Waals surface area contributed by atoms with E-state index in [0.29, 0.717) is 11.4 Å². The van der Waals surface area contributed by atoms with Crippen LogP contribution in [0.4, 0.5) is 0 Å². The van der Waals surface area contributed by atoms with Gasteiger partial charge in [0.15, 0.2) is 5.78 Å². The topological polar surface area (TPSA) is 39.2 Å². The highest BCUT2D eigenvalue weighted by Crippen LogP contribution is 2.69. The van der Waals surface area contributed by atoms with Gasteiger partial charge in [0.1, 0.15) is 11.4 Å². The van der Waals surface area contributed by atoms with E-state index in [1.807, 2.05) is 0 Å². The van der Waals surface area contributed by atoms with Gasteiger partial charge in [-0.25, -0.2) is 4.98 Å². The number of hydrogen-bond donors (Lipinski definition) is 0. The quantitative estimate of drug-likeness (QED) is 0.753. The van der Waals surface area contributed by atoms with E-state index in [-0.39, 0.29) is 22.5 Å². The molecular weight excluding hydrogens is 214 g/mol. The van der Waals surface area contributed by atoms with Gasteiger partial charge in [-0.05, 0) is 23.0 Å². The smallest absolute Gasteiger partial charge is 0.189 e. The zero-order valence-corrected chi connectivity index (χ0v) is 11.1. The number of rotatable bonds is 3. The maximum Gasteiger partial charge on any atom is 0.189 e. The summed E-state index contributed by atoms with van der Waals surface area (Å²) in [5.41, 5.74) is 0.526. The first kappa shape index (κ1) is 12.1. The summed E-state index contributed by atoms with van der Waals surface area (Å²) in [6, 6.07) is 3.56. The number of carbonyl (C=O) groups is 1. The highest BCUT2D eigenvalue weighted by atomic mass is 16.5. The van der Waals surface area contributed by atoms with E-state index in [4.69, 9.17) is 4.74 Å². The Kier molecular flexibility index (Phi) is 2.53. The average molecular weight is 233 g/mol. The third-order valence-electron chi connectivity index (χ3n) is 4.51. The molecule has 0 radical (unpaired) electrons. The van der Waals surface area contributed by atoms with Crippen LogP contribution in [0.2, 0.25) is 0 Å². The molecule has 0 N–H and O–H groups in total. The van der Waals surface area contributed by atoms with Crippen LogP contribution in [0.1, 0.15) is 38.2 Å². The second-order valence-electron chi connectivity index (χ2n) is 5.79. The molecule has 92 valence electrons. The average Bonchev–Trinajstić information content (AvgIpc) is 2.68. The number of aromatic nitrogens is 1. The molecule has 3 heteroatoms. The fourth-order valence-electron chi connectivity index (χ4n) is 2.73. The molecule has 1 fully saturated rings. The standard InChI is InChI=1S/C14H19NO2/c1-13(2)12(14(13,3)4)11(16)10-9(17-5)7-6-8-15-10/h6-8,12H,1-5H3. The Hall–Kier alpha value is -1.38. The predicted octanol–water partition coefficient (Wildman–Crippen LogP) is 2.96. The number of ketones is 1. The molecule has 0 atom stereocenters. The SMILES string of the molecule is COc1cccnc1C(=O)C1C(C)(C)C1(C)C. The fourth-order valence-corrected chi connectivity index (χ4v) is 2.73. The monoisotopic (exact) mass is 233 g/mol. The predicted molar refractivity (Wildman–Crippen MR) is 66.2 cm³/mol. The van der Waals surface area contributed by atoms with Crippen molar-refractivity contribution in [3.8, 4) is 5.75 Å². The molecule has 0 aliphatic heterocycles. The Morgan fingerprint density at radius 2 is 1.88 bits per heavy atom. The number of pyridine rings is 1. The van der Waals surface area contributed by atoms with Crippen molar-refractivity contribution < 1.29 is 9.53 Å². The largest absolute Gasteiger partial charge is 0.494 e. The van der Waals surface area contributed by atoms with Crippen LogP contribution in [0, 0.1) is 16.7 Å². The van der Waals surface area contributed by atoms with Gasteiger partial charge in [-0.15, -0.1) is 0 Å². The Morgan fingerprint density at radius 1 is 1.29 bits per heavy atom. The molecule has 1 aliphatic rings. The molecule has 1 aliphatic carbocycles. The first-order valence-electron chi connectivity index (χ1n) is 5.87. The molecule has 0 bridgehead atoms. The van der Waals surface area contributed by atoms with Crippen LogP contribution in [0.25, 0.3) is 0 Å². The van der Waals surface area contributed by atoms with Crippen molar-refractivity contribution in [1.82, 2.24) is 4.98 Å². The lowest BCUT2D eigenvalue weighted by molar-refractivity contribution is 0.0937. The third-order valence-corrected chi connectivity index (χ3v) is 4.51. The van der Waals surface area contributed by atoms with Gasteiger partial charge in [0, 0.05) is 12.1 Å². The van der Waals surface area contributed by atoms with Crippen molar-refractivity contribution >= 4 is 5.78 Å². The third kappa shape index (κ3) is 1.56. The molecule has 1 saturated carbocycles. The highest BCUT2D eigenvalue weighted by molar-refractivity contribution is 6.01. The molecule has 0 spiro atoms. The summed E-state index contributed by atoms with van der Waals surface area (Å²) in [4.78, 5) is 16.6. The lowest BCUT2D eigenvalue weighted by Crippen LogP contribution is -2.11. The lowest BCUT2D eigenvalue weighted by atomic mass is 10.0. The molecule has 2 rings (SSSR count). The zero-order valence-electron chi connectivity index (χ0n) is 11.1. The van der Waals surface area contributed by atoms with E-state index in [1.54, 1.807) is 25.4 Å². The Morgan fingerprint density at radius 3 is 2.35 bits per heavy atom. The minimum absolute atomic E-state index is 0.0267. The first-order valence-corrected chi connectivity index (χ1v) is 5.87. The van der Waals surface area contributed by atoms with Crippen LogP contribution in [-0.2, 0) is 0 Å². The van der Waals surface area contributed by atoms with Gasteiger partial charge in [-0.3, -0.25) is 4.79 Å². The molecule has 0 amide bonds. The van der Waals surface area contributed by atoms with E-state index in [0.717, 1.165) is 0 Å². The van der Waals surface area contributed by atoms with Gasteiger partial charge in [0.25, 0.3) is 0 Å². The number of Topliss-reactive ketones (excluding diaryl/α,β-unsaturated/α-hetero) is 1. The molecule has 1 aromatic rings. The number of carbonyl (C=O) groups excluding carboxylic acids is 1. The van der Waals surface area contributed by atoms with Crippen molar-refractivity contribution in [2.45, 2.75) is 27.7 Å². The van der Waals surface area contributed by atoms with Crippen LogP contribution < -0.4 is 4.74 Å². The maximum absolute atomic E-state index is 12.5. The summed E-state index contributed by atoms with van der Waals surface area (Å²) in [7, 11) is 1.57. The summed E-state index contributed by atoms with van der Waals surface area (Å²) in [6.45, 7) is 8.52. The molecule has 1 heterocycles. The van der Waals surface area contributed by atoms with E-state index < -0.39 is 0 Å². The van der Waals surface area contributed by atoms with Crippen molar-refractivity contribution in [2.75, 3.05) is 7.11 Å². The molecule has 0 unspecified atom stereocenters. The summed E-state index contributed by atoms with van der Waals surface area (Å²) in [5.74, 6) is 0.687. The second-order valence-corrected chi connectivity index (χ2v) is 5.79. The van der Waals surface area contributed by atoms with E-state index in [2.05, 4.69) is 32.7 Å². The van der Waals surface area contributed by atoms with Crippen molar-refractivity contribution in [3.05, 3.63) is 24.0 Å². The summed E-state index contributed by atoms with van der Waals surface area (Å²) < 4.78 is 5.20. The molecule has 3 nitrogen and oxygen atoms in total. The highest BCUT2D eigenvalue weighted by Gasteiger charge is 2.68. The van der Waals surface area contributed by atoms with E-state index in [9.17, 15) is 4.79 Å². The van der Waals surface area contributed by atoms with Gasteiger partial charge >= 0.3 is 0 Å². The molecule has 1 aromatic heterocycles. The number of nitrogens with zero attached hydrogens (tertiary/aromatic N) is 1. The van der Waals surface area contributed by atoms with Crippen molar-refractivity contribution in [1.29, 1.82) is 0 Å². The molecule has 0 saturated heterocycles. The van der Waals surface area contributed by atoms with Crippen molar-refractivity contribution in [3.63, 3.8) is 0 Å². The Labute approximate surface area is 102 Å². The minimum atomic E-state index is 0.0267. The van der Waals surface area contributed by atoms with Gasteiger partial charge in [-0.2, -0.15) is 0 Å². The normalized spacial score (nSPS) is 21.0. The minimum Gasteiger partial charge on any atom is -0.494 e. The number of methoxy groups -OCH3 is 1. The summed E-state index contributed by atoms with van der Waals surface area (Å²) in [5, 5.41) is 0. The summed E-state index contributed by atoms with van der Waals surface area (Å²) >= 11 is 0. The van der Waals surface area contributed by atoms with Gasteiger partial charge in [0.2, 0.25) is 0 Å². The lowest BCUT2D eigenvalue weighted by Gasteiger charge is -2.06. The molecule has 0 aromatic carbocycles. The van der Waals surface area contributed by atoms with Crippen LogP contribution in [0.15, 0.2) is 18.3 Å². The first-order chi connectivity index (χ1) is 7.84. The number of hydrogen-bond acceptors (Lipinski definition) is 3. The summed E-state index contributed by atoms with van der Waals surface area (Å²) in [6.07, 6.45) is 1.64. The van der Waals surface area contributed by atoms with Gasteiger partial charge in [-0.1, -0.05) is 27.7 Å². The Balaban J connectivity index is 2.34. The number of ether oxygens (including phenoxy) is 1. The van der Waals surface area contributed by atoms with Gasteiger partial charge < -0.3 is 4.74 Å². The zero-order chi connectivity index (χ0) is 12.8. The van der Waals surface area contributed by atoms with Crippen LogP contribution >= 0.6 is 0 Å². The van der Waals surface area contributed by atoms with Crippen LogP contribution in [-0.4, -0.2) is 17.9 Å². The second kappa shape index (κ2) is 3.56. The van der Waals surface area contributed by atoms with Gasteiger partial charge in [0.05, 0.1) is 7.11 Å². The van der Waals surface area contributed by atoms with Crippen LogP contribution in [0.5, 0.6) is 5.75 Å². The van der Waals surface area contributed by atoms with Crippen molar-refractivity contribution in [2.24, 2.45) is 16.7 Å². The maximum atomic E-state index is 12.5. The van der Waals surface area contributed by atoms with Crippen LogP contribution in [0.3, 0.4) is 0 Å². The molecular formula is C14H19NO2. The molecule has 17 heavy (non-hydrogen) atoms. The Bertz CT molecular complexity index is 449. The van der Waals surface area contributed by atoms with E-state index in [1.165, 1.54) is 0 Å². The van der Waals surface area contributed by atoms with E-state index >= 15 is 0 Å². The fraction of sp³-hybridized carbons (Fsp3) is 0.571.